The Bertz CT molecular complexity index is 360. The summed E-state index contributed by atoms with van der Waals surface area (Å²) < 4.78 is 6.57. The van der Waals surface area contributed by atoms with Crippen molar-refractivity contribution in [2.45, 2.75) is 71.7 Å². The Hall–Kier alpha value is -0.603. The maximum absolute atomic E-state index is 6.57. The van der Waals surface area contributed by atoms with Gasteiger partial charge in [-0.05, 0) is 49.4 Å². The Kier molecular flexibility index (Phi) is 6.97. The topological polar surface area (TPSA) is 9.23 Å². The molecular weight excluding hydrogens is 260 g/mol. The van der Waals surface area contributed by atoms with E-state index in [1.54, 1.807) is 0 Å². The van der Waals surface area contributed by atoms with Gasteiger partial charge in [0.1, 0.15) is 0 Å². The standard InChI is InChI=1S/C18H32OSi/c1-15(2)14-20(17(5)6,19-16(3)4)13-12-18-10-8-7-9-11-18/h7-11,15-17H,12-14H2,1-6H3. The van der Waals surface area contributed by atoms with Crippen molar-refractivity contribution in [1.29, 1.82) is 0 Å². The lowest BCUT2D eigenvalue weighted by Crippen LogP contribution is -2.45. The van der Waals surface area contributed by atoms with Crippen molar-refractivity contribution in [1.82, 2.24) is 0 Å². The molecule has 0 saturated heterocycles. The molecule has 1 aromatic rings. The van der Waals surface area contributed by atoms with Crippen LogP contribution in [0.5, 0.6) is 0 Å². The average molecular weight is 293 g/mol. The van der Waals surface area contributed by atoms with Gasteiger partial charge in [0.05, 0.1) is 0 Å². The molecule has 0 aliphatic carbocycles. The molecule has 0 amide bonds. The average Bonchev–Trinajstić information content (AvgIpc) is 2.35. The highest BCUT2D eigenvalue weighted by Gasteiger charge is 2.39. The van der Waals surface area contributed by atoms with Crippen LogP contribution in [0.2, 0.25) is 17.6 Å². The van der Waals surface area contributed by atoms with Crippen LogP contribution in [0.15, 0.2) is 30.3 Å². The Labute approximate surface area is 126 Å². The van der Waals surface area contributed by atoms with Crippen molar-refractivity contribution in [2.75, 3.05) is 0 Å². The Balaban J connectivity index is 2.84. The van der Waals surface area contributed by atoms with Crippen LogP contribution in [0.3, 0.4) is 0 Å². The van der Waals surface area contributed by atoms with E-state index in [2.05, 4.69) is 71.9 Å². The highest BCUT2D eigenvalue weighted by atomic mass is 28.4. The predicted octanol–water partition coefficient (Wildman–Crippen LogP) is 5.67. The van der Waals surface area contributed by atoms with E-state index >= 15 is 0 Å². The largest absolute Gasteiger partial charge is 0.414 e. The van der Waals surface area contributed by atoms with Crippen LogP contribution in [-0.4, -0.2) is 14.4 Å². The van der Waals surface area contributed by atoms with E-state index in [1.807, 2.05) is 0 Å². The Morgan fingerprint density at radius 2 is 1.55 bits per heavy atom. The molecule has 0 N–H and O–H groups in total. The van der Waals surface area contributed by atoms with Crippen molar-refractivity contribution in [3.63, 3.8) is 0 Å². The minimum Gasteiger partial charge on any atom is -0.414 e. The van der Waals surface area contributed by atoms with Gasteiger partial charge in [-0.2, -0.15) is 0 Å². The lowest BCUT2D eigenvalue weighted by molar-refractivity contribution is 0.216. The minimum absolute atomic E-state index is 0.346. The third-order valence-electron chi connectivity index (χ3n) is 3.96. The van der Waals surface area contributed by atoms with E-state index in [1.165, 1.54) is 17.7 Å². The third-order valence-corrected chi connectivity index (χ3v) is 9.61. The second-order valence-corrected chi connectivity index (χ2v) is 11.4. The smallest absolute Gasteiger partial charge is 0.196 e. The summed E-state index contributed by atoms with van der Waals surface area (Å²) in [4.78, 5) is 0. The van der Waals surface area contributed by atoms with Gasteiger partial charge in [-0.3, -0.25) is 0 Å². The maximum Gasteiger partial charge on any atom is 0.196 e. The van der Waals surface area contributed by atoms with E-state index in [-0.39, 0.29) is 0 Å². The van der Waals surface area contributed by atoms with Crippen molar-refractivity contribution in [3.8, 4) is 0 Å². The molecule has 1 nitrogen and oxygen atoms in total. The molecule has 2 heteroatoms. The van der Waals surface area contributed by atoms with Gasteiger partial charge >= 0.3 is 0 Å². The summed E-state index contributed by atoms with van der Waals surface area (Å²) in [7, 11) is -1.68. The second-order valence-electron chi connectivity index (χ2n) is 6.97. The van der Waals surface area contributed by atoms with Gasteiger partial charge in [0, 0.05) is 6.10 Å². The van der Waals surface area contributed by atoms with Gasteiger partial charge < -0.3 is 4.43 Å². The summed E-state index contributed by atoms with van der Waals surface area (Å²) in [5.41, 5.74) is 2.12. The molecule has 1 unspecified atom stereocenters. The maximum atomic E-state index is 6.57. The number of hydrogen-bond donors (Lipinski definition) is 0. The van der Waals surface area contributed by atoms with Gasteiger partial charge in [0.2, 0.25) is 0 Å². The summed E-state index contributed by atoms with van der Waals surface area (Å²) in [5.74, 6) is 0.721. The highest BCUT2D eigenvalue weighted by molar-refractivity contribution is 6.75. The van der Waals surface area contributed by atoms with Crippen LogP contribution in [0.4, 0.5) is 0 Å². The Morgan fingerprint density at radius 3 is 2.00 bits per heavy atom. The van der Waals surface area contributed by atoms with Gasteiger partial charge in [-0.25, -0.2) is 0 Å². The van der Waals surface area contributed by atoms with Gasteiger partial charge in [-0.15, -0.1) is 0 Å². The first kappa shape index (κ1) is 17.4. The molecule has 0 aliphatic rings. The molecule has 0 aromatic heterocycles. The van der Waals surface area contributed by atoms with Crippen LogP contribution in [-0.2, 0) is 10.8 Å². The SMILES string of the molecule is CC(C)C[Si](CCc1ccccc1)(OC(C)C)C(C)C. The van der Waals surface area contributed by atoms with Crippen LogP contribution in [0, 0.1) is 5.92 Å². The molecule has 0 spiro atoms. The molecule has 0 aliphatic heterocycles. The number of benzene rings is 1. The molecule has 20 heavy (non-hydrogen) atoms. The summed E-state index contributed by atoms with van der Waals surface area (Å²) in [6, 6.07) is 13.4. The molecule has 1 aromatic carbocycles. The van der Waals surface area contributed by atoms with Crippen molar-refractivity contribution < 1.29 is 4.43 Å². The summed E-state index contributed by atoms with van der Waals surface area (Å²) in [5, 5.41) is 0. The van der Waals surface area contributed by atoms with E-state index in [0.29, 0.717) is 11.6 Å². The molecular formula is C18H32OSi. The van der Waals surface area contributed by atoms with E-state index in [0.717, 1.165) is 12.3 Å². The normalized spacial score (nSPS) is 15.1. The van der Waals surface area contributed by atoms with Crippen molar-refractivity contribution in [2.24, 2.45) is 5.92 Å². The van der Waals surface area contributed by atoms with Crippen LogP contribution in [0.1, 0.15) is 47.1 Å². The summed E-state index contributed by atoms with van der Waals surface area (Å²) in [6.45, 7) is 13.8. The molecule has 0 bridgehead atoms. The fourth-order valence-corrected chi connectivity index (χ4v) is 7.80. The van der Waals surface area contributed by atoms with Crippen molar-refractivity contribution >= 4 is 8.32 Å². The predicted molar refractivity (Wildman–Crippen MR) is 91.7 cm³/mol. The monoisotopic (exact) mass is 292 g/mol. The summed E-state index contributed by atoms with van der Waals surface area (Å²) in [6.07, 6.45) is 1.50. The van der Waals surface area contributed by atoms with Crippen LogP contribution >= 0.6 is 0 Å². The molecule has 114 valence electrons. The summed E-state index contributed by atoms with van der Waals surface area (Å²) >= 11 is 0. The highest BCUT2D eigenvalue weighted by Crippen LogP contribution is 2.35. The van der Waals surface area contributed by atoms with Gasteiger partial charge in [0.15, 0.2) is 8.32 Å². The number of aryl methyl sites for hydroxylation is 1. The minimum atomic E-state index is -1.68. The fraction of sp³-hybridized carbons (Fsp3) is 0.667. The number of hydrogen-bond acceptors (Lipinski definition) is 1. The zero-order valence-corrected chi connectivity index (χ0v) is 15.1. The van der Waals surface area contributed by atoms with E-state index in [4.69, 9.17) is 4.43 Å². The van der Waals surface area contributed by atoms with E-state index in [9.17, 15) is 0 Å². The molecule has 0 saturated carbocycles. The molecule has 1 rings (SSSR count). The first-order valence-corrected chi connectivity index (χ1v) is 10.5. The first-order chi connectivity index (χ1) is 9.35. The lowest BCUT2D eigenvalue weighted by atomic mass is 10.2. The molecule has 0 radical (unpaired) electrons. The third kappa shape index (κ3) is 5.41. The zero-order valence-electron chi connectivity index (χ0n) is 14.1. The first-order valence-electron chi connectivity index (χ1n) is 8.07. The number of rotatable bonds is 8. The fourth-order valence-electron chi connectivity index (χ4n) is 3.03. The van der Waals surface area contributed by atoms with E-state index < -0.39 is 8.32 Å². The van der Waals surface area contributed by atoms with Crippen LogP contribution in [0.25, 0.3) is 0 Å². The zero-order chi connectivity index (χ0) is 15.2. The molecule has 0 fully saturated rings. The van der Waals surface area contributed by atoms with Crippen LogP contribution < -0.4 is 0 Å². The van der Waals surface area contributed by atoms with Crippen molar-refractivity contribution in [3.05, 3.63) is 35.9 Å². The Morgan fingerprint density at radius 1 is 0.950 bits per heavy atom. The van der Waals surface area contributed by atoms with Gasteiger partial charge in [0.25, 0.3) is 0 Å². The van der Waals surface area contributed by atoms with Gasteiger partial charge in [-0.1, -0.05) is 58.0 Å². The second kappa shape index (κ2) is 7.99. The quantitative estimate of drug-likeness (QED) is 0.561. The molecule has 1 atom stereocenters. The lowest BCUT2D eigenvalue weighted by Gasteiger charge is -2.38. The molecule has 0 heterocycles.